The van der Waals surface area contributed by atoms with Gasteiger partial charge in [0, 0.05) is 29.4 Å². The van der Waals surface area contributed by atoms with Gasteiger partial charge >= 0.3 is 0 Å². The van der Waals surface area contributed by atoms with E-state index >= 15 is 4.39 Å². The van der Waals surface area contributed by atoms with Crippen LogP contribution in [0.1, 0.15) is 32.0 Å². The normalized spacial score (nSPS) is 10.7. The molecule has 0 unspecified atom stereocenters. The summed E-state index contributed by atoms with van der Waals surface area (Å²) in [4.78, 5) is 6.26. The Hall–Kier alpha value is -3.81. The monoisotopic (exact) mass is 452 g/mol. The largest absolute Gasteiger partial charge is 0.494 e. The van der Waals surface area contributed by atoms with Crippen molar-refractivity contribution in [3.8, 4) is 17.4 Å². The zero-order valence-corrected chi connectivity index (χ0v) is 19.3. The van der Waals surface area contributed by atoms with Crippen molar-refractivity contribution in [1.29, 1.82) is 5.41 Å². The number of methoxy groups -OCH3 is 1. The summed E-state index contributed by atoms with van der Waals surface area (Å²) in [7, 11) is 1.55. The molecule has 0 aliphatic carbocycles. The summed E-state index contributed by atoms with van der Waals surface area (Å²) in [6.45, 7) is 6.22. The number of halogens is 1. The Morgan fingerprint density at radius 3 is 2.48 bits per heavy atom. The number of hydrogen-bond donors (Lipinski definition) is 2. The Labute approximate surface area is 193 Å². The van der Waals surface area contributed by atoms with E-state index in [-0.39, 0.29) is 29.9 Å². The van der Waals surface area contributed by atoms with E-state index in [2.05, 4.69) is 4.98 Å². The van der Waals surface area contributed by atoms with Crippen molar-refractivity contribution in [2.24, 2.45) is 5.73 Å². The van der Waals surface area contributed by atoms with Crippen molar-refractivity contribution in [1.82, 2.24) is 4.98 Å². The third kappa shape index (κ3) is 5.91. The highest BCUT2D eigenvalue weighted by atomic mass is 19.1. The van der Waals surface area contributed by atoms with Crippen LogP contribution in [0.2, 0.25) is 0 Å². The van der Waals surface area contributed by atoms with Gasteiger partial charge in [0.2, 0.25) is 5.88 Å². The van der Waals surface area contributed by atoms with Gasteiger partial charge < -0.3 is 24.8 Å². The first-order valence-electron chi connectivity index (χ1n) is 10.7. The second-order valence-electron chi connectivity index (χ2n) is 7.57. The fourth-order valence-corrected chi connectivity index (χ4v) is 3.30. The molecular formula is C25H29FN4O3. The van der Waals surface area contributed by atoms with E-state index < -0.39 is 5.82 Å². The number of ether oxygens (including phenoxy) is 3. The minimum absolute atomic E-state index is 0.0419. The number of nitrogens with two attached hydrogens (primary N) is 1. The van der Waals surface area contributed by atoms with Crippen LogP contribution in [0.15, 0.2) is 54.6 Å². The molecule has 0 spiro atoms. The predicted octanol–water partition coefficient (Wildman–Crippen LogP) is 5.04. The zero-order valence-electron chi connectivity index (χ0n) is 19.3. The molecule has 2 aromatic carbocycles. The Morgan fingerprint density at radius 2 is 1.88 bits per heavy atom. The minimum Gasteiger partial charge on any atom is -0.494 e. The number of aromatic nitrogens is 1. The lowest BCUT2D eigenvalue weighted by atomic mass is 10.1. The molecule has 0 fully saturated rings. The van der Waals surface area contributed by atoms with Crippen LogP contribution in [0.3, 0.4) is 0 Å². The lowest BCUT2D eigenvalue weighted by Crippen LogP contribution is -2.20. The van der Waals surface area contributed by atoms with Crippen LogP contribution < -0.4 is 24.8 Å². The van der Waals surface area contributed by atoms with Gasteiger partial charge in [-0.2, -0.15) is 0 Å². The summed E-state index contributed by atoms with van der Waals surface area (Å²) >= 11 is 0. The van der Waals surface area contributed by atoms with Crippen molar-refractivity contribution < 1.29 is 18.6 Å². The second kappa shape index (κ2) is 10.7. The van der Waals surface area contributed by atoms with Crippen molar-refractivity contribution in [2.75, 3.05) is 18.6 Å². The highest BCUT2D eigenvalue weighted by Crippen LogP contribution is 2.38. The summed E-state index contributed by atoms with van der Waals surface area (Å²) in [6, 6.07) is 15.6. The number of benzene rings is 2. The highest BCUT2D eigenvalue weighted by molar-refractivity contribution is 5.95. The van der Waals surface area contributed by atoms with E-state index in [9.17, 15) is 0 Å². The van der Waals surface area contributed by atoms with E-state index in [1.54, 1.807) is 54.5 Å². The van der Waals surface area contributed by atoms with Crippen LogP contribution in [0.25, 0.3) is 0 Å². The molecule has 3 aromatic rings. The summed E-state index contributed by atoms with van der Waals surface area (Å²) in [5.74, 6) is 0.514. The predicted molar refractivity (Wildman–Crippen MR) is 127 cm³/mol. The van der Waals surface area contributed by atoms with Gasteiger partial charge in [0.15, 0.2) is 11.6 Å². The van der Waals surface area contributed by atoms with Gasteiger partial charge in [0.05, 0.1) is 37.7 Å². The number of nitrogens with zero attached hydrogens (tertiary/aromatic N) is 2. The molecule has 174 valence electrons. The fraction of sp³-hybridized carbons (Fsp3) is 0.280. The molecule has 33 heavy (non-hydrogen) atoms. The standard InChI is InChI=1S/C25H29FN4O3/c1-5-32-20-13-21(24(26)22(14-20)33-16(2)3)30(15-18-7-6-8-23(29-18)31-4)19-11-9-17(10-12-19)25(27)28/h6-14,16H,5,15H2,1-4H3,(H3,27,28). The third-order valence-corrected chi connectivity index (χ3v) is 4.76. The number of anilines is 2. The molecule has 0 radical (unpaired) electrons. The maximum atomic E-state index is 15.7. The SMILES string of the molecule is CCOc1cc(OC(C)C)c(F)c(N(Cc2cccc(OC)n2)c2ccc(C(=N)N)cc2)c1. The first-order chi connectivity index (χ1) is 15.8. The van der Waals surface area contributed by atoms with Crippen LogP contribution in [0, 0.1) is 11.2 Å². The summed E-state index contributed by atoms with van der Waals surface area (Å²) < 4.78 is 32.4. The topological polar surface area (TPSA) is 93.7 Å². The number of pyridine rings is 1. The molecule has 0 saturated heterocycles. The van der Waals surface area contributed by atoms with Crippen LogP contribution in [0.5, 0.6) is 17.4 Å². The van der Waals surface area contributed by atoms with Gasteiger partial charge in [-0.1, -0.05) is 6.07 Å². The van der Waals surface area contributed by atoms with Gasteiger partial charge in [-0.05, 0) is 51.1 Å². The second-order valence-corrected chi connectivity index (χ2v) is 7.57. The zero-order chi connectivity index (χ0) is 24.0. The maximum Gasteiger partial charge on any atom is 0.213 e. The third-order valence-electron chi connectivity index (χ3n) is 4.76. The first-order valence-corrected chi connectivity index (χ1v) is 10.7. The number of nitrogen functional groups attached to an aromatic ring is 1. The van der Waals surface area contributed by atoms with E-state index in [0.717, 1.165) is 0 Å². The van der Waals surface area contributed by atoms with E-state index in [0.29, 0.717) is 35.2 Å². The van der Waals surface area contributed by atoms with Gasteiger partial charge in [-0.3, -0.25) is 5.41 Å². The number of amidine groups is 1. The smallest absolute Gasteiger partial charge is 0.213 e. The lowest BCUT2D eigenvalue weighted by Gasteiger charge is -2.27. The Bertz CT molecular complexity index is 1100. The van der Waals surface area contributed by atoms with Crippen molar-refractivity contribution >= 4 is 17.2 Å². The molecule has 0 saturated carbocycles. The molecule has 8 heteroatoms. The van der Waals surface area contributed by atoms with Gasteiger partial charge in [-0.25, -0.2) is 9.37 Å². The van der Waals surface area contributed by atoms with Gasteiger partial charge in [0.25, 0.3) is 0 Å². The van der Waals surface area contributed by atoms with E-state index in [1.807, 2.05) is 32.9 Å². The molecule has 0 bridgehead atoms. The average molecular weight is 453 g/mol. The van der Waals surface area contributed by atoms with E-state index in [4.69, 9.17) is 25.4 Å². The number of hydrogen-bond acceptors (Lipinski definition) is 6. The van der Waals surface area contributed by atoms with Crippen LogP contribution >= 0.6 is 0 Å². The molecule has 3 N–H and O–H groups in total. The summed E-state index contributed by atoms with van der Waals surface area (Å²) in [5, 5.41) is 7.65. The Kier molecular flexibility index (Phi) is 7.71. The van der Waals surface area contributed by atoms with Crippen LogP contribution in [-0.4, -0.2) is 30.6 Å². The van der Waals surface area contributed by atoms with Crippen LogP contribution in [-0.2, 0) is 6.54 Å². The summed E-state index contributed by atoms with van der Waals surface area (Å²) in [6.07, 6.45) is -0.215. The first kappa shape index (κ1) is 23.8. The van der Waals surface area contributed by atoms with Crippen molar-refractivity contribution in [2.45, 2.75) is 33.4 Å². The number of nitrogens with one attached hydrogen (secondary N) is 1. The van der Waals surface area contributed by atoms with Gasteiger partial charge in [0.1, 0.15) is 11.6 Å². The molecule has 1 heterocycles. The molecule has 7 nitrogen and oxygen atoms in total. The van der Waals surface area contributed by atoms with Gasteiger partial charge in [-0.15, -0.1) is 0 Å². The Morgan fingerprint density at radius 1 is 1.15 bits per heavy atom. The Balaban J connectivity index is 2.15. The molecule has 1 aromatic heterocycles. The highest BCUT2D eigenvalue weighted by Gasteiger charge is 2.22. The molecule has 0 aliphatic heterocycles. The fourth-order valence-electron chi connectivity index (χ4n) is 3.30. The quantitative estimate of drug-likeness (QED) is 0.331. The molecular weight excluding hydrogens is 423 g/mol. The summed E-state index contributed by atoms with van der Waals surface area (Å²) in [5.41, 5.74) is 7.82. The molecule has 0 aliphatic rings. The molecule has 0 atom stereocenters. The molecule has 3 rings (SSSR count). The van der Waals surface area contributed by atoms with E-state index in [1.165, 1.54) is 0 Å². The molecule has 0 amide bonds. The number of rotatable bonds is 10. The maximum absolute atomic E-state index is 15.7. The van der Waals surface area contributed by atoms with Crippen LogP contribution in [0.4, 0.5) is 15.8 Å². The minimum atomic E-state index is -0.509. The van der Waals surface area contributed by atoms with Crippen molar-refractivity contribution in [3.63, 3.8) is 0 Å². The lowest BCUT2D eigenvalue weighted by molar-refractivity contribution is 0.229. The average Bonchev–Trinajstić information content (AvgIpc) is 2.79. The van der Waals surface area contributed by atoms with Crippen molar-refractivity contribution in [3.05, 3.63) is 71.7 Å².